The van der Waals surface area contributed by atoms with Gasteiger partial charge in [-0.15, -0.1) is 11.3 Å². The van der Waals surface area contributed by atoms with Gasteiger partial charge in [0.25, 0.3) is 10.0 Å². The summed E-state index contributed by atoms with van der Waals surface area (Å²) in [6.07, 6.45) is 1.15. The van der Waals surface area contributed by atoms with Crippen LogP contribution in [0.4, 0.5) is 0 Å². The van der Waals surface area contributed by atoms with E-state index in [4.69, 9.17) is 4.74 Å². The normalized spacial score (nSPS) is 17.9. The largest absolute Gasteiger partial charge is 0.381 e. The zero-order valence-corrected chi connectivity index (χ0v) is 10.7. The summed E-state index contributed by atoms with van der Waals surface area (Å²) in [6, 6.07) is 3.11. The van der Waals surface area contributed by atoms with Crippen molar-refractivity contribution in [3.63, 3.8) is 0 Å². The summed E-state index contributed by atoms with van der Waals surface area (Å²) in [7, 11) is -3.69. The Morgan fingerprint density at radius 1 is 1.41 bits per heavy atom. The third kappa shape index (κ3) is 3.05. The van der Waals surface area contributed by atoms with Crippen LogP contribution in [0.25, 0.3) is 0 Å². The van der Waals surface area contributed by atoms with Gasteiger partial charge >= 0.3 is 0 Å². The minimum absolute atomic E-state index is 0.165. The molecular formula is C10H13NO4S2. The number of ether oxygens (including phenoxy) is 1. The van der Waals surface area contributed by atoms with Gasteiger partial charge in [0.2, 0.25) is 5.91 Å². The van der Waals surface area contributed by atoms with Gasteiger partial charge in [-0.1, -0.05) is 6.07 Å². The topological polar surface area (TPSA) is 72.5 Å². The maximum Gasteiger partial charge on any atom is 0.273 e. The van der Waals surface area contributed by atoms with Gasteiger partial charge in [-0.3, -0.25) is 4.79 Å². The van der Waals surface area contributed by atoms with Crippen molar-refractivity contribution in [2.24, 2.45) is 5.92 Å². The quantitative estimate of drug-likeness (QED) is 0.892. The van der Waals surface area contributed by atoms with Gasteiger partial charge in [0.15, 0.2) is 0 Å². The molecular weight excluding hydrogens is 262 g/mol. The highest BCUT2D eigenvalue weighted by Gasteiger charge is 2.26. The van der Waals surface area contributed by atoms with E-state index in [2.05, 4.69) is 4.72 Å². The van der Waals surface area contributed by atoms with Gasteiger partial charge in [-0.05, 0) is 24.3 Å². The monoisotopic (exact) mass is 275 g/mol. The molecule has 0 spiro atoms. The molecule has 1 aromatic rings. The molecule has 0 aromatic carbocycles. The summed E-state index contributed by atoms with van der Waals surface area (Å²) in [4.78, 5) is 11.8. The molecule has 5 nitrogen and oxygen atoms in total. The fraction of sp³-hybridized carbons (Fsp3) is 0.500. The first-order valence-corrected chi connectivity index (χ1v) is 7.64. The van der Waals surface area contributed by atoms with E-state index in [0.29, 0.717) is 26.1 Å². The van der Waals surface area contributed by atoms with E-state index in [0.717, 1.165) is 11.3 Å². The second-order valence-corrected chi connectivity index (χ2v) is 6.65. The second-order valence-electron chi connectivity index (χ2n) is 3.79. The van der Waals surface area contributed by atoms with Crippen LogP contribution in [0.2, 0.25) is 0 Å². The predicted molar refractivity (Wildman–Crippen MR) is 63.2 cm³/mol. The number of carbonyl (C=O) groups excluding carboxylic acids is 1. The van der Waals surface area contributed by atoms with Crippen LogP contribution in [-0.2, 0) is 19.6 Å². The van der Waals surface area contributed by atoms with Crippen LogP contribution in [0.5, 0.6) is 0 Å². The van der Waals surface area contributed by atoms with Crippen LogP contribution in [0, 0.1) is 5.92 Å². The van der Waals surface area contributed by atoms with E-state index in [1.54, 1.807) is 11.4 Å². The molecule has 0 saturated carbocycles. The molecule has 1 aliphatic heterocycles. The Labute approximate surface area is 104 Å². The number of nitrogens with one attached hydrogen (secondary N) is 1. The summed E-state index contributed by atoms with van der Waals surface area (Å²) in [5.41, 5.74) is 0. The first-order chi connectivity index (χ1) is 8.09. The first kappa shape index (κ1) is 12.5. The van der Waals surface area contributed by atoms with Crippen molar-refractivity contribution in [2.75, 3.05) is 13.2 Å². The van der Waals surface area contributed by atoms with E-state index in [-0.39, 0.29) is 10.1 Å². The van der Waals surface area contributed by atoms with Crippen LogP contribution in [0.3, 0.4) is 0 Å². The van der Waals surface area contributed by atoms with Crippen molar-refractivity contribution in [3.8, 4) is 0 Å². The molecule has 2 rings (SSSR count). The fourth-order valence-electron chi connectivity index (χ4n) is 1.64. The average molecular weight is 275 g/mol. The smallest absolute Gasteiger partial charge is 0.273 e. The molecule has 0 radical (unpaired) electrons. The molecule has 1 aromatic heterocycles. The predicted octanol–water partition coefficient (Wildman–Crippen LogP) is 0.980. The van der Waals surface area contributed by atoms with Crippen molar-refractivity contribution >= 4 is 27.3 Å². The molecule has 0 unspecified atom stereocenters. The first-order valence-electron chi connectivity index (χ1n) is 5.27. The Morgan fingerprint density at radius 2 is 2.12 bits per heavy atom. The van der Waals surface area contributed by atoms with Gasteiger partial charge in [0, 0.05) is 19.1 Å². The van der Waals surface area contributed by atoms with E-state index in [1.807, 2.05) is 0 Å². The molecule has 94 valence electrons. The lowest BCUT2D eigenvalue weighted by Crippen LogP contribution is -2.37. The number of amides is 1. The molecule has 1 amide bonds. The highest BCUT2D eigenvalue weighted by atomic mass is 32.2. The maximum atomic E-state index is 11.8. The van der Waals surface area contributed by atoms with Crippen LogP contribution in [0.15, 0.2) is 21.7 Å². The van der Waals surface area contributed by atoms with Gasteiger partial charge < -0.3 is 4.74 Å². The number of carbonyl (C=O) groups is 1. The van der Waals surface area contributed by atoms with Crippen molar-refractivity contribution < 1.29 is 17.9 Å². The molecule has 0 atom stereocenters. The van der Waals surface area contributed by atoms with Crippen molar-refractivity contribution in [3.05, 3.63) is 17.5 Å². The fourth-order valence-corrected chi connectivity index (χ4v) is 3.68. The summed E-state index contributed by atoms with van der Waals surface area (Å²) in [5, 5.41) is 1.66. The summed E-state index contributed by atoms with van der Waals surface area (Å²) in [5.74, 6) is -0.694. The average Bonchev–Trinajstić information content (AvgIpc) is 2.84. The summed E-state index contributed by atoms with van der Waals surface area (Å²) < 4.78 is 31.0. The van der Waals surface area contributed by atoms with Gasteiger partial charge in [0.05, 0.1) is 0 Å². The van der Waals surface area contributed by atoms with E-state index in [9.17, 15) is 13.2 Å². The van der Waals surface area contributed by atoms with Gasteiger partial charge in [-0.25, -0.2) is 13.1 Å². The Balaban J connectivity index is 2.03. The van der Waals surface area contributed by atoms with E-state index in [1.165, 1.54) is 6.07 Å². The number of rotatable bonds is 3. The SMILES string of the molecule is O=C(NS(=O)(=O)c1cccs1)C1CCOCC1. The van der Waals surface area contributed by atoms with Crippen LogP contribution < -0.4 is 4.72 Å². The second kappa shape index (κ2) is 5.16. The number of hydrogen-bond acceptors (Lipinski definition) is 5. The van der Waals surface area contributed by atoms with Crippen molar-refractivity contribution in [1.29, 1.82) is 0 Å². The highest BCUT2D eigenvalue weighted by Crippen LogP contribution is 2.18. The molecule has 1 N–H and O–H groups in total. The Morgan fingerprint density at radius 3 is 2.71 bits per heavy atom. The zero-order chi connectivity index (χ0) is 12.3. The molecule has 7 heteroatoms. The summed E-state index contributed by atoms with van der Waals surface area (Å²) >= 11 is 1.09. The van der Waals surface area contributed by atoms with E-state index < -0.39 is 15.9 Å². The Kier molecular flexibility index (Phi) is 3.80. The third-order valence-corrected chi connectivity index (χ3v) is 5.33. The van der Waals surface area contributed by atoms with Crippen molar-refractivity contribution in [1.82, 2.24) is 4.72 Å². The lowest BCUT2D eigenvalue weighted by molar-refractivity contribution is -0.125. The number of hydrogen-bond donors (Lipinski definition) is 1. The van der Waals surface area contributed by atoms with Gasteiger partial charge in [0.1, 0.15) is 4.21 Å². The number of sulfonamides is 1. The summed E-state index contributed by atoms with van der Waals surface area (Å²) in [6.45, 7) is 1.02. The zero-order valence-electron chi connectivity index (χ0n) is 9.09. The maximum absolute atomic E-state index is 11.8. The Hall–Kier alpha value is -0.920. The Bertz CT molecular complexity index is 474. The van der Waals surface area contributed by atoms with Crippen LogP contribution >= 0.6 is 11.3 Å². The van der Waals surface area contributed by atoms with Crippen LogP contribution in [0.1, 0.15) is 12.8 Å². The lowest BCUT2D eigenvalue weighted by atomic mass is 10.0. The van der Waals surface area contributed by atoms with E-state index >= 15 is 0 Å². The highest BCUT2D eigenvalue weighted by molar-refractivity contribution is 7.92. The molecule has 1 fully saturated rings. The molecule has 0 aliphatic carbocycles. The molecule has 17 heavy (non-hydrogen) atoms. The molecule has 0 bridgehead atoms. The molecule has 2 heterocycles. The molecule has 1 saturated heterocycles. The molecule has 1 aliphatic rings. The minimum atomic E-state index is -3.69. The van der Waals surface area contributed by atoms with Crippen LogP contribution in [-0.4, -0.2) is 27.5 Å². The standard InChI is InChI=1S/C10H13NO4S2/c12-10(8-3-5-15-6-4-8)11-17(13,14)9-2-1-7-16-9/h1-2,7-8H,3-6H2,(H,11,12). The van der Waals surface area contributed by atoms with Crippen molar-refractivity contribution in [2.45, 2.75) is 17.1 Å². The van der Waals surface area contributed by atoms with Gasteiger partial charge in [-0.2, -0.15) is 0 Å². The lowest BCUT2D eigenvalue weighted by Gasteiger charge is -2.20. The third-order valence-electron chi connectivity index (χ3n) is 2.59. The number of thiophene rings is 1. The minimum Gasteiger partial charge on any atom is -0.381 e.